The molecule has 140 valence electrons. The quantitative estimate of drug-likeness (QED) is 0.766. The Hall–Kier alpha value is -1.26. The normalized spacial score (nSPS) is 15.8. The molecule has 0 unspecified atom stereocenters. The maximum Gasteiger partial charge on any atom is 0.255 e. The second kappa shape index (κ2) is 9.09. The molecule has 1 amide bonds. The van der Waals surface area contributed by atoms with E-state index in [0.717, 1.165) is 16.7 Å². The van der Waals surface area contributed by atoms with Crippen molar-refractivity contribution in [2.45, 2.75) is 25.8 Å². The lowest BCUT2D eigenvalue weighted by molar-refractivity contribution is -0.926. The number of piperidine rings is 1. The van der Waals surface area contributed by atoms with E-state index in [0.29, 0.717) is 15.6 Å². The fourth-order valence-corrected chi connectivity index (χ4v) is 3.71. The predicted molar refractivity (Wildman–Crippen MR) is 104 cm³/mol. The molecule has 0 radical (unpaired) electrons. The summed E-state index contributed by atoms with van der Waals surface area (Å²) >= 11 is 11.9. The number of nitrogens with one attached hydrogen (secondary N) is 1. The van der Waals surface area contributed by atoms with E-state index in [4.69, 9.17) is 23.2 Å². The number of hydrogen-bond acceptors (Lipinski definition) is 1. The molecule has 0 atom stereocenters. The first-order valence-corrected chi connectivity index (χ1v) is 9.40. The number of carbonyl (C=O) groups is 1. The van der Waals surface area contributed by atoms with Gasteiger partial charge in [-0.15, -0.1) is 0 Å². The molecule has 0 saturated carbocycles. The van der Waals surface area contributed by atoms with E-state index in [9.17, 15) is 4.79 Å². The highest BCUT2D eigenvalue weighted by Gasteiger charge is 2.24. The van der Waals surface area contributed by atoms with Gasteiger partial charge in [-0.1, -0.05) is 35.3 Å². The van der Waals surface area contributed by atoms with E-state index in [-0.39, 0.29) is 18.3 Å². The van der Waals surface area contributed by atoms with Gasteiger partial charge in [-0.3, -0.25) is 4.79 Å². The van der Waals surface area contributed by atoms with Crippen molar-refractivity contribution in [2.24, 2.45) is 0 Å². The van der Waals surface area contributed by atoms with Gasteiger partial charge in [0.25, 0.3) is 5.91 Å². The fourth-order valence-electron chi connectivity index (χ4n) is 3.41. The highest BCUT2D eigenvalue weighted by Crippen LogP contribution is 2.24. The monoisotopic (exact) mass is 412 g/mol. The zero-order chi connectivity index (χ0) is 17.9. The molecule has 2 aromatic carbocycles. The van der Waals surface area contributed by atoms with Crippen LogP contribution in [0.15, 0.2) is 42.5 Å². The smallest absolute Gasteiger partial charge is 0.255 e. The molecule has 1 heterocycles. The summed E-state index contributed by atoms with van der Waals surface area (Å²) in [5, 5.41) is 3.72. The van der Waals surface area contributed by atoms with Crippen LogP contribution >= 0.6 is 23.2 Å². The number of likely N-dealkylation sites (tertiary alicyclic amines) is 1. The van der Waals surface area contributed by atoms with E-state index >= 15 is 0 Å². The van der Waals surface area contributed by atoms with Gasteiger partial charge in [0.2, 0.25) is 0 Å². The summed E-state index contributed by atoms with van der Waals surface area (Å²) in [5.41, 5.74) is 2.57. The first-order chi connectivity index (χ1) is 12.0. The summed E-state index contributed by atoms with van der Waals surface area (Å²) < 4.78 is 1.11. The molecule has 1 saturated heterocycles. The number of nitrogens with zero attached hydrogens (tertiary/aromatic N) is 1. The molecule has 0 aromatic heterocycles. The summed E-state index contributed by atoms with van der Waals surface area (Å²) in [6.45, 7) is 3.53. The molecule has 1 N–H and O–H groups in total. The number of rotatable bonds is 4. The maximum atomic E-state index is 12.3. The molecule has 0 spiro atoms. The standard InChI is InChI=1S/C20H22Cl2N2O.ClH/c1-24(11-3-2-4-12-24)14-15-5-8-17(9-6-15)23-20(25)16-7-10-18(21)19(22)13-16;/h5-10,13H,2-4,11-12,14H2,1H3;1H. The van der Waals surface area contributed by atoms with Gasteiger partial charge in [0, 0.05) is 16.8 Å². The topological polar surface area (TPSA) is 29.1 Å². The first-order valence-electron chi connectivity index (χ1n) is 8.64. The van der Waals surface area contributed by atoms with Crippen molar-refractivity contribution in [3.63, 3.8) is 0 Å². The van der Waals surface area contributed by atoms with Crippen molar-refractivity contribution in [3.05, 3.63) is 63.6 Å². The third kappa shape index (κ3) is 5.37. The Morgan fingerprint density at radius 1 is 1.00 bits per heavy atom. The average molecular weight is 414 g/mol. The van der Waals surface area contributed by atoms with E-state index in [1.807, 2.05) is 12.1 Å². The van der Waals surface area contributed by atoms with Crippen LogP contribution in [0.2, 0.25) is 10.0 Å². The number of hydrogen-bond donors (Lipinski definition) is 1. The highest BCUT2D eigenvalue weighted by atomic mass is 35.5. The minimum atomic E-state index is -0.193. The largest absolute Gasteiger partial charge is 1.00 e. The summed E-state index contributed by atoms with van der Waals surface area (Å²) in [6, 6.07) is 13.0. The van der Waals surface area contributed by atoms with E-state index in [1.165, 1.54) is 37.9 Å². The predicted octanol–water partition coefficient (Wildman–Crippen LogP) is 2.38. The van der Waals surface area contributed by atoms with Gasteiger partial charge in [0.05, 0.1) is 30.2 Å². The maximum absolute atomic E-state index is 12.3. The molecule has 1 aliphatic rings. The van der Waals surface area contributed by atoms with Gasteiger partial charge in [0.15, 0.2) is 0 Å². The fraction of sp³-hybridized carbons (Fsp3) is 0.350. The molecule has 1 aliphatic heterocycles. The number of quaternary nitrogens is 1. The van der Waals surface area contributed by atoms with Crippen molar-refractivity contribution >= 4 is 34.8 Å². The second-order valence-corrected chi connectivity index (χ2v) is 7.88. The van der Waals surface area contributed by atoms with Crippen LogP contribution < -0.4 is 17.7 Å². The van der Waals surface area contributed by atoms with Crippen molar-refractivity contribution in [3.8, 4) is 0 Å². The van der Waals surface area contributed by atoms with Crippen LogP contribution in [0.3, 0.4) is 0 Å². The molecule has 2 aromatic rings. The Kier molecular flexibility index (Phi) is 7.36. The molecule has 0 bridgehead atoms. The number of anilines is 1. The third-order valence-electron chi connectivity index (χ3n) is 4.85. The molecule has 26 heavy (non-hydrogen) atoms. The highest BCUT2D eigenvalue weighted by molar-refractivity contribution is 6.42. The molecule has 1 fully saturated rings. The van der Waals surface area contributed by atoms with Crippen LogP contribution in [0.1, 0.15) is 35.2 Å². The van der Waals surface area contributed by atoms with Crippen molar-refractivity contribution in [2.75, 3.05) is 25.5 Å². The Morgan fingerprint density at radius 2 is 1.65 bits per heavy atom. The van der Waals surface area contributed by atoms with Crippen LogP contribution in [-0.4, -0.2) is 30.5 Å². The van der Waals surface area contributed by atoms with Crippen molar-refractivity contribution in [1.82, 2.24) is 0 Å². The second-order valence-electron chi connectivity index (χ2n) is 7.07. The van der Waals surface area contributed by atoms with Crippen molar-refractivity contribution in [1.29, 1.82) is 0 Å². The Balaban J connectivity index is 0.00000243. The Bertz CT molecular complexity index is 756. The third-order valence-corrected chi connectivity index (χ3v) is 5.59. The zero-order valence-electron chi connectivity index (χ0n) is 14.8. The lowest BCUT2D eigenvalue weighted by atomic mass is 10.1. The van der Waals surface area contributed by atoms with E-state index < -0.39 is 0 Å². The number of carbonyl (C=O) groups excluding carboxylic acids is 1. The lowest BCUT2D eigenvalue weighted by Gasteiger charge is -2.37. The van der Waals surface area contributed by atoms with Crippen LogP contribution in [0.4, 0.5) is 5.69 Å². The molecular formula is C20H23Cl3N2O. The van der Waals surface area contributed by atoms with Crippen LogP contribution in [0.5, 0.6) is 0 Å². The molecule has 6 heteroatoms. The number of benzene rings is 2. The summed E-state index contributed by atoms with van der Waals surface area (Å²) in [4.78, 5) is 12.3. The Morgan fingerprint density at radius 3 is 2.27 bits per heavy atom. The van der Waals surface area contributed by atoms with Gasteiger partial charge in [-0.2, -0.15) is 0 Å². The van der Waals surface area contributed by atoms with Gasteiger partial charge in [-0.05, 0) is 49.6 Å². The minimum absolute atomic E-state index is 0. The van der Waals surface area contributed by atoms with Crippen molar-refractivity contribution < 1.29 is 21.7 Å². The van der Waals surface area contributed by atoms with E-state index in [2.05, 4.69) is 24.5 Å². The van der Waals surface area contributed by atoms with Crippen LogP contribution in [0.25, 0.3) is 0 Å². The summed E-state index contributed by atoms with van der Waals surface area (Å²) in [5.74, 6) is -0.193. The Labute approximate surface area is 171 Å². The molecular weight excluding hydrogens is 391 g/mol. The van der Waals surface area contributed by atoms with Gasteiger partial charge in [0.1, 0.15) is 6.54 Å². The lowest BCUT2D eigenvalue weighted by Crippen LogP contribution is -3.00. The summed E-state index contributed by atoms with van der Waals surface area (Å²) in [7, 11) is 2.33. The van der Waals surface area contributed by atoms with Crippen LogP contribution in [-0.2, 0) is 6.54 Å². The zero-order valence-corrected chi connectivity index (χ0v) is 17.0. The molecule has 3 rings (SSSR count). The first kappa shape index (κ1) is 21.0. The molecule has 3 nitrogen and oxygen atoms in total. The minimum Gasteiger partial charge on any atom is -1.00 e. The van der Waals surface area contributed by atoms with Gasteiger partial charge >= 0.3 is 0 Å². The number of amides is 1. The van der Waals surface area contributed by atoms with Crippen LogP contribution in [0, 0.1) is 0 Å². The molecule has 0 aliphatic carbocycles. The SMILES string of the molecule is C[N+]1(Cc2ccc(NC(=O)c3ccc(Cl)c(Cl)c3)cc2)CCCCC1.[Cl-]. The van der Waals surface area contributed by atoms with Gasteiger partial charge in [-0.25, -0.2) is 0 Å². The number of halogens is 3. The average Bonchev–Trinajstić information content (AvgIpc) is 2.59. The van der Waals surface area contributed by atoms with E-state index in [1.54, 1.807) is 18.2 Å². The summed E-state index contributed by atoms with van der Waals surface area (Å²) in [6.07, 6.45) is 3.98. The van der Waals surface area contributed by atoms with Gasteiger partial charge < -0.3 is 22.2 Å².